The lowest BCUT2D eigenvalue weighted by Gasteiger charge is -2.09. The SMILES string of the molecule is CCn1c(Cn2ccnc2-c2ncccn2)nc2cc(-c3ccccc3)ccc21. The van der Waals surface area contributed by atoms with Crippen LogP contribution in [-0.4, -0.2) is 29.1 Å². The van der Waals surface area contributed by atoms with Crippen LogP contribution in [0.3, 0.4) is 0 Å². The number of fused-ring (bicyclic) bond motifs is 1. The molecule has 0 amide bonds. The molecule has 0 aliphatic heterocycles. The van der Waals surface area contributed by atoms with Gasteiger partial charge in [-0.1, -0.05) is 36.4 Å². The molecule has 3 aromatic heterocycles. The zero-order chi connectivity index (χ0) is 19.6. The van der Waals surface area contributed by atoms with Crippen molar-refractivity contribution in [1.82, 2.24) is 29.1 Å². The van der Waals surface area contributed by atoms with Crippen LogP contribution in [-0.2, 0) is 13.1 Å². The minimum atomic E-state index is 0.608. The van der Waals surface area contributed by atoms with E-state index in [4.69, 9.17) is 4.98 Å². The predicted octanol–water partition coefficient (Wildman–Crippen LogP) is 4.43. The van der Waals surface area contributed by atoms with Crippen molar-refractivity contribution in [1.29, 1.82) is 0 Å². The highest BCUT2D eigenvalue weighted by Gasteiger charge is 2.14. The molecule has 0 saturated carbocycles. The van der Waals surface area contributed by atoms with E-state index in [0.717, 1.165) is 29.2 Å². The van der Waals surface area contributed by atoms with E-state index in [1.807, 2.05) is 16.8 Å². The van der Waals surface area contributed by atoms with Crippen LogP contribution in [0.2, 0.25) is 0 Å². The first-order valence-corrected chi connectivity index (χ1v) is 9.66. The Labute approximate surface area is 168 Å². The molecule has 0 radical (unpaired) electrons. The van der Waals surface area contributed by atoms with Gasteiger partial charge in [-0.15, -0.1) is 0 Å². The summed E-state index contributed by atoms with van der Waals surface area (Å²) >= 11 is 0. The summed E-state index contributed by atoms with van der Waals surface area (Å²) < 4.78 is 4.29. The molecule has 5 aromatic rings. The number of aryl methyl sites for hydroxylation is 1. The van der Waals surface area contributed by atoms with Gasteiger partial charge in [0, 0.05) is 31.3 Å². The van der Waals surface area contributed by atoms with Gasteiger partial charge < -0.3 is 9.13 Å². The van der Waals surface area contributed by atoms with E-state index in [1.54, 1.807) is 24.7 Å². The summed E-state index contributed by atoms with van der Waals surface area (Å²) in [7, 11) is 0. The average molecular weight is 380 g/mol. The van der Waals surface area contributed by atoms with Gasteiger partial charge in [-0.25, -0.2) is 19.9 Å². The van der Waals surface area contributed by atoms with E-state index in [0.29, 0.717) is 12.4 Å². The molecular weight excluding hydrogens is 360 g/mol. The van der Waals surface area contributed by atoms with E-state index in [1.165, 1.54) is 11.1 Å². The van der Waals surface area contributed by atoms with Crippen molar-refractivity contribution < 1.29 is 0 Å². The van der Waals surface area contributed by atoms with Crippen molar-refractivity contribution in [3.8, 4) is 22.8 Å². The Morgan fingerprint density at radius 3 is 2.45 bits per heavy atom. The van der Waals surface area contributed by atoms with E-state index in [2.05, 4.69) is 68.9 Å². The van der Waals surface area contributed by atoms with Crippen LogP contribution in [0.25, 0.3) is 33.8 Å². The Morgan fingerprint density at radius 1 is 0.828 bits per heavy atom. The maximum atomic E-state index is 4.95. The van der Waals surface area contributed by atoms with Crippen molar-refractivity contribution in [2.75, 3.05) is 0 Å². The molecule has 5 rings (SSSR count). The van der Waals surface area contributed by atoms with E-state index in [9.17, 15) is 0 Å². The molecule has 0 aliphatic rings. The van der Waals surface area contributed by atoms with Gasteiger partial charge >= 0.3 is 0 Å². The highest BCUT2D eigenvalue weighted by molar-refractivity contribution is 5.82. The van der Waals surface area contributed by atoms with E-state index in [-0.39, 0.29) is 0 Å². The van der Waals surface area contributed by atoms with E-state index < -0.39 is 0 Å². The van der Waals surface area contributed by atoms with Gasteiger partial charge in [-0.3, -0.25) is 0 Å². The highest BCUT2D eigenvalue weighted by atomic mass is 15.2. The van der Waals surface area contributed by atoms with Crippen LogP contribution in [0.5, 0.6) is 0 Å². The summed E-state index contributed by atoms with van der Waals surface area (Å²) in [6.07, 6.45) is 7.18. The lowest BCUT2D eigenvalue weighted by atomic mass is 10.1. The highest BCUT2D eigenvalue weighted by Crippen LogP contribution is 2.25. The van der Waals surface area contributed by atoms with Crippen LogP contribution in [0, 0.1) is 0 Å². The number of benzene rings is 2. The molecule has 0 atom stereocenters. The second-order valence-electron chi connectivity index (χ2n) is 6.79. The second-order valence-corrected chi connectivity index (χ2v) is 6.79. The molecule has 142 valence electrons. The molecular formula is C23H20N6. The zero-order valence-corrected chi connectivity index (χ0v) is 16.1. The summed E-state index contributed by atoms with van der Waals surface area (Å²) in [6, 6.07) is 18.7. The molecule has 6 heteroatoms. The number of aromatic nitrogens is 6. The Morgan fingerprint density at radius 2 is 1.66 bits per heavy atom. The lowest BCUT2D eigenvalue weighted by molar-refractivity contribution is 0.665. The first-order valence-electron chi connectivity index (χ1n) is 9.66. The van der Waals surface area contributed by atoms with Gasteiger partial charge in [0.05, 0.1) is 17.6 Å². The molecule has 6 nitrogen and oxygen atoms in total. The standard InChI is InChI=1S/C23H20N6/c1-2-29-20-10-9-18(17-7-4-3-5-8-17)15-19(20)27-21(29)16-28-14-13-26-23(28)22-24-11-6-12-25-22/h3-15H,2,16H2,1H3. The van der Waals surface area contributed by atoms with Gasteiger partial charge in [-0.05, 0) is 36.2 Å². The fourth-order valence-corrected chi connectivity index (χ4v) is 3.67. The zero-order valence-electron chi connectivity index (χ0n) is 16.1. The Hall–Kier alpha value is -3.80. The number of imidazole rings is 2. The van der Waals surface area contributed by atoms with Crippen molar-refractivity contribution in [2.24, 2.45) is 0 Å². The fraction of sp³-hybridized carbons (Fsp3) is 0.130. The van der Waals surface area contributed by atoms with Gasteiger partial charge in [0.15, 0.2) is 11.6 Å². The predicted molar refractivity (Wildman–Crippen MR) is 113 cm³/mol. The number of hydrogen-bond donors (Lipinski definition) is 0. The smallest absolute Gasteiger partial charge is 0.195 e. The quantitative estimate of drug-likeness (QED) is 0.453. The average Bonchev–Trinajstić information content (AvgIpc) is 3.38. The van der Waals surface area contributed by atoms with E-state index >= 15 is 0 Å². The first kappa shape index (κ1) is 17.3. The van der Waals surface area contributed by atoms with Crippen molar-refractivity contribution in [3.63, 3.8) is 0 Å². The third-order valence-corrected chi connectivity index (χ3v) is 5.04. The summed E-state index contributed by atoms with van der Waals surface area (Å²) in [5.41, 5.74) is 4.51. The molecule has 0 spiro atoms. The Balaban J connectivity index is 1.55. The van der Waals surface area contributed by atoms with Crippen LogP contribution in [0.1, 0.15) is 12.7 Å². The molecule has 0 fully saturated rings. The summed E-state index contributed by atoms with van der Waals surface area (Å²) in [6.45, 7) is 3.60. The fourth-order valence-electron chi connectivity index (χ4n) is 3.67. The van der Waals surface area contributed by atoms with Gasteiger partial charge in [0.1, 0.15) is 5.82 Å². The maximum Gasteiger partial charge on any atom is 0.195 e. The van der Waals surface area contributed by atoms with Crippen molar-refractivity contribution in [3.05, 3.63) is 85.2 Å². The molecule has 0 aliphatic carbocycles. The Kier molecular flexibility index (Phi) is 4.37. The topological polar surface area (TPSA) is 61.4 Å². The van der Waals surface area contributed by atoms with Crippen molar-refractivity contribution in [2.45, 2.75) is 20.0 Å². The molecule has 0 saturated heterocycles. The largest absolute Gasteiger partial charge is 0.327 e. The molecule has 29 heavy (non-hydrogen) atoms. The molecule has 0 N–H and O–H groups in total. The van der Waals surface area contributed by atoms with Crippen LogP contribution >= 0.6 is 0 Å². The minimum Gasteiger partial charge on any atom is -0.327 e. The summed E-state index contributed by atoms with van der Waals surface area (Å²) in [4.78, 5) is 18.1. The maximum absolute atomic E-state index is 4.95. The molecule has 2 aromatic carbocycles. The molecule has 0 unspecified atom stereocenters. The molecule has 3 heterocycles. The third kappa shape index (κ3) is 3.18. The number of nitrogens with zero attached hydrogens (tertiary/aromatic N) is 6. The van der Waals surface area contributed by atoms with Gasteiger partial charge in [0.2, 0.25) is 0 Å². The van der Waals surface area contributed by atoms with Gasteiger partial charge in [0.25, 0.3) is 0 Å². The van der Waals surface area contributed by atoms with Crippen LogP contribution in [0.15, 0.2) is 79.4 Å². The minimum absolute atomic E-state index is 0.608. The monoisotopic (exact) mass is 380 g/mol. The Bertz CT molecular complexity index is 1250. The first-order chi connectivity index (χ1) is 14.3. The second kappa shape index (κ2) is 7.31. The third-order valence-electron chi connectivity index (χ3n) is 5.04. The van der Waals surface area contributed by atoms with Gasteiger partial charge in [-0.2, -0.15) is 0 Å². The summed E-state index contributed by atoms with van der Waals surface area (Å²) in [5.74, 6) is 2.34. The van der Waals surface area contributed by atoms with Crippen LogP contribution < -0.4 is 0 Å². The molecule has 0 bridgehead atoms. The lowest BCUT2D eigenvalue weighted by Crippen LogP contribution is -2.09. The number of hydrogen-bond acceptors (Lipinski definition) is 4. The summed E-state index contributed by atoms with van der Waals surface area (Å²) in [5, 5.41) is 0. The van der Waals surface area contributed by atoms with Crippen LogP contribution in [0.4, 0.5) is 0 Å². The van der Waals surface area contributed by atoms with Crippen molar-refractivity contribution >= 4 is 11.0 Å². The normalized spacial score (nSPS) is 11.2. The number of rotatable bonds is 5.